The number of nitrogens with zero attached hydrogens (tertiary/aromatic N) is 1. The van der Waals surface area contributed by atoms with Crippen molar-refractivity contribution in [3.05, 3.63) is 0 Å². The highest BCUT2D eigenvalue weighted by Crippen LogP contribution is 2.56. The van der Waals surface area contributed by atoms with Gasteiger partial charge in [-0.25, -0.2) is 0 Å². The maximum absolute atomic E-state index is 5.59. The fourth-order valence-electron chi connectivity index (χ4n) is 3.24. The van der Waals surface area contributed by atoms with Crippen LogP contribution in [0.4, 0.5) is 0 Å². The number of hydrogen-bond donors (Lipinski definition) is 2. The van der Waals surface area contributed by atoms with E-state index in [-0.39, 0.29) is 24.0 Å². The van der Waals surface area contributed by atoms with Crippen LogP contribution in [0.15, 0.2) is 4.99 Å². The van der Waals surface area contributed by atoms with E-state index in [0.717, 1.165) is 44.6 Å². The summed E-state index contributed by atoms with van der Waals surface area (Å²) in [5.41, 5.74) is 0.595. The average molecular weight is 423 g/mol. The predicted molar refractivity (Wildman–Crippen MR) is 104 cm³/mol. The van der Waals surface area contributed by atoms with Crippen LogP contribution in [-0.2, 0) is 4.74 Å². The van der Waals surface area contributed by atoms with Crippen molar-refractivity contribution in [3.63, 3.8) is 0 Å². The quantitative estimate of drug-likeness (QED) is 0.259. The molecule has 0 aromatic heterocycles. The molecule has 0 spiro atoms. The van der Waals surface area contributed by atoms with Crippen molar-refractivity contribution in [1.82, 2.24) is 10.6 Å². The van der Waals surface area contributed by atoms with Gasteiger partial charge in [-0.3, -0.25) is 4.99 Å². The third-order valence-corrected chi connectivity index (χ3v) is 4.83. The highest BCUT2D eigenvalue weighted by molar-refractivity contribution is 14.0. The first kappa shape index (κ1) is 20.0. The molecule has 22 heavy (non-hydrogen) atoms. The van der Waals surface area contributed by atoms with Gasteiger partial charge in [0.1, 0.15) is 0 Å². The van der Waals surface area contributed by atoms with Crippen molar-refractivity contribution in [2.24, 2.45) is 22.2 Å². The summed E-state index contributed by atoms with van der Waals surface area (Å²) in [5.74, 6) is 2.56. The summed E-state index contributed by atoms with van der Waals surface area (Å²) in [6, 6.07) is 0. The second kappa shape index (κ2) is 9.96. The fraction of sp³-hybridized carbons (Fsp3) is 0.941. The molecule has 2 rings (SSSR count). The van der Waals surface area contributed by atoms with Crippen LogP contribution in [0.5, 0.6) is 0 Å². The van der Waals surface area contributed by atoms with Crippen molar-refractivity contribution in [1.29, 1.82) is 0 Å². The van der Waals surface area contributed by atoms with Gasteiger partial charge in [-0.15, -0.1) is 24.0 Å². The lowest BCUT2D eigenvalue weighted by Crippen LogP contribution is -2.47. The van der Waals surface area contributed by atoms with Crippen molar-refractivity contribution in [3.8, 4) is 0 Å². The average Bonchev–Trinajstić information content (AvgIpc) is 3.23. The Morgan fingerprint density at radius 1 is 1.27 bits per heavy atom. The normalized spacial score (nSPS) is 20.3. The molecule has 0 unspecified atom stereocenters. The molecule has 0 amide bonds. The van der Waals surface area contributed by atoms with Crippen LogP contribution in [-0.4, -0.2) is 39.3 Å². The van der Waals surface area contributed by atoms with Gasteiger partial charge >= 0.3 is 0 Å². The third-order valence-electron chi connectivity index (χ3n) is 4.83. The predicted octanol–water partition coefficient (Wildman–Crippen LogP) is 3.41. The lowest BCUT2D eigenvalue weighted by molar-refractivity contribution is 0.105. The molecule has 0 atom stereocenters. The van der Waals surface area contributed by atoms with E-state index in [0.29, 0.717) is 11.3 Å². The third kappa shape index (κ3) is 6.22. The van der Waals surface area contributed by atoms with E-state index >= 15 is 0 Å². The van der Waals surface area contributed by atoms with Gasteiger partial charge in [-0.1, -0.05) is 20.3 Å². The maximum Gasteiger partial charge on any atom is 0.190 e. The number of aliphatic imine (C=N–C) groups is 1. The molecule has 0 bridgehead atoms. The Labute approximate surface area is 153 Å². The van der Waals surface area contributed by atoms with Crippen molar-refractivity contribution >= 4 is 29.9 Å². The van der Waals surface area contributed by atoms with Gasteiger partial charge in [-0.2, -0.15) is 0 Å². The monoisotopic (exact) mass is 423 g/mol. The topological polar surface area (TPSA) is 45.7 Å². The van der Waals surface area contributed by atoms with Crippen molar-refractivity contribution in [2.45, 2.75) is 52.4 Å². The van der Waals surface area contributed by atoms with E-state index in [1.807, 2.05) is 7.05 Å². The number of halogens is 1. The summed E-state index contributed by atoms with van der Waals surface area (Å²) < 4.78 is 5.59. The molecule has 0 heterocycles. The summed E-state index contributed by atoms with van der Waals surface area (Å²) in [6.45, 7) is 8.07. The molecule has 0 saturated heterocycles. The second-order valence-electron chi connectivity index (χ2n) is 7.17. The molecule has 4 nitrogen and oxygen atoms in total. The second-order valence-corrected chi connectivity index (χ2v) is 7.17. The van der Waals surface area contributed by atoms with Crippen LogP contribution in [0.2, 0.25) is 0 Å². The number of guanidine groups is 1. The highest BCUT2D eigenvalue weighted by atomic mass is 127. The summed E-state index contributed by atoms with van der Waals surface area (Å²) in [4.78, 5) is 4.33. The van der Waals surface area contributed by atoms with Crippen LogP contribution in [0.1, 0.15) is 52.4 Å². The summed E-state index contributed by atoms with van der Waals surface area (Å²) in [6.07, 6.45) is 8.15. The SMILES string of the molecule is CN=C(NCCCOCC(C)C)NCC1(C2CC2)CCC1.I. The number of nitrogens with one attached hydrogen (secondary N) is 2. The van der Waals surface area contributed by atoms with Crippen LogP contribution in [0.25, 0.3) is 0 Å². The molecule has 2 saturated carbocycles. The Morgan fingerprint density at radius 2 is 2.00 bits per heavy atom. The first-order valence-electron chi connectivity index (χ1n) is 8.68. The Hall–Kier alpha value is -0.0400. The molecule has 5 heteroatoms. The van der Waals surface area contributed by atoms with Crippen LogP contribution >= 0.6 is 24.0 Å². The minimum absolute atomic E-state index is 0. The van der Waals surface area contributed by atoms with E-state index in [4.69, 9.17) is 4.74 Å². The Morgan fingerprint density at radius 3 is 2.50 bits per heavy atom. The number of rotatable bonds is 9. The standard InChI is InChI=1S/C17H33N3O.HI/c1-14(2)12-21-11-5-10-19-16(18-3)20-13-17(8-4-9-17)15-6-7-15;/h14-15H,4-13H2,1-3H3,(H2,18,19,20);1H. The zero-order chi connectivity index (χ0) is 15.1. The molecule has 0 aromatic rings. The van der Waals surface area contributed by atoms with Crippen molar-refractivity contribution < 1.29 is 4.74 Å². The first-order chi connectivity index (χ1) is 10.2. The lowest BCUT2D eigenvalue weighted by Gasteiger charge is -2.43. The largest absolute Gasteiger partial charge is 0.381 e. The summed E-state index contributed by atoms with van der Waals surface area (Å²) in [7, 11) is 1.86. The van der Waals surface area contributed by atoms with Crippen LogP contribution < -0.4 is 10.6 Å². The maximum atomic E-state index is 5.59. The molecular formula is C17H34IN3O. The first-order valence-corrected chi connectivity index (χ1v) is 8.68. The molecule has 0 radical (unpaired) electrons. The Kier molecular flexibility index (Phi) is 9.05. The molecule has 2 aliphatic rings. The molecule has 130 valence electrons. The molecule has 2 fully saturated rings. The fourth-order valence-corrected chi connectivity index (χ4v) is 3.24. The zero-order valence-electron chi connectivity index (χ0n) is 14.5. The zero-order valence-corrected chi connectivity index (χ0v) is 16.8. The van der Waals surface area contributed by atoms with Gasteiger partial charge in [0.15, 0.2) is 5.96 Å². The Balaban J connectivity index is 0.00000242. The van der Waals surface area contributed by atoms with E-state index < -0.39 is 0 Å². The molecule has 0 aliphatic heterocycles. The number of ether oxygens (including phenoxy) is 1. The minimum Gasteiger partial charge on any atom is -0.381 e. The van der Waals surface area contributed by atoms with Gasteiger partial charge in [0.05, 0.1) is 0 Å². The van der Waals surface area contributed by atoms with Gasteiger partial charge in [0, 0.05) is 33.4 Å². The van der Waals surface area contributed by atoms with Gasteiger partial charge in [0.25, 0.3) is 0 Å². The molecule has 0 aromatic carbocycles. The smallest absolute Gasteiger partial charge is 0.190 e. The summed E-state index contributed by atoms with van der Waals surface area (Å²) >= 11 is 0. The summed E-state index contributed by atoms with van der Waals surface area (Å²) in [5, 5.41) is 6.94. The van der Waals surface area contributed by atoms with E-state index in [9.17, 15) is 0 Å². The number of hydrogen-bond acceptors (Lipinski definition) is 2. The lowest BCUT2D eigenvalue weighted by atomic mass is 9.65. The van der Waals surface area contributed by atoms with Gasteiger partial charge in [-0.05, 0) is 49.4 Å². The van der Waals surface area contributed by atoms with Crippen molar-refractivity contribution in [2.75, 3.05) is 33.4 Å². The van der Waals surface area contributed by atoms with Gasteiger partial charge < -0.3 is 15.4 Å². The van der Waals surface area contributed by atoms with Gasteiger partial charge in [0.2, 0.25) is 0 Å². The molecule has 2 aliphatic carbocycles. The van der Waals surface area contributed by atoms with E-state index in [1.54, 1.807) is 0 Å². The molecular weight excluding hydrogens is 389 g/mol. The molecule has 2 N–H and O–H groups in total. The van der Waals surface area contributed by atoms with E-state index in [2.05, 4.69) is 29.5 Å². The van der Waals surface area contributed by atoms with Crippen LogP contribution in [0.3, 0.4) is 0 Å². The van der Waals surface area contributed by atoms with E-state index in [1.165, 1.54) is 32.1 Å². The Bertz CT molecular complexity index is 339. The van der Waals surface area contributed by atoms with Crippen LogP contribution in [0, 0.1) is 17.3 Å². The highest BCUT2D eigenvalue weighted by Gasteiger charge is 2.48. The minimum atomic E-state index is 0.